The molecule has 0 saturated carbocycles. The van der Waals surface area contributed by atoms with Crippen LogP contribution < -0.4 is 10.6 Å². The molecule has 1 atom stereocenters. The van der Waals surface area contributed by atoms with Crippen LogP contribution in [0.1, 0.15) is 24.2 Å². The lowest BCUT2D eigenvalue weighted by atomic mass is 9.97. The van der Waals surface area contributed by atoms with E-state index in [1.807, 2.05) is 0 Å². The number of amides is 2. The third-order valence-corrected chi connectivity index (χ3v) is 5.54. The van der Waals surface area contributed by atoms with Crippen LogP contribution >= 0.6 is 0 Å². The van der Waals surface area contributed by atoms with E-state index in [9.17, 15) is 27.9 Å². The second-order valence-corrected chi connectivity index (χ2v) is 8.13. The summed E-state index contributed by atoms with van der Waals surface area (Å²) in [5, 5.41) is 15.5. The molecule has 1 unspecified atom stereocenters. The maximum absolute atomic E-state index is 13.6. The van der Waals surface area contributed by atoms with Crippen molar-refractivity contribution >= 4 is 17.5 Å². The molecule has 0 spiro atoms. The molecule has 0 aliphatic carbocycles. The van der Waals surface area contributed by atoms with Crippen molar-refractivity contribution in [2.24, 2.45) is 7.05 Å². The monoisotopic (exact) mass is 483 g/mol. The number of nitrogens with one attached hydrogen (secondary N) is 2. The van der Waals surface area contributed by atoms with Gasteiger partial charge in [-0.05, 0) is 17.7 Å². The van der Waals surface area contributed by atoms with E-state index >= 15 is 0 Å². The minimum Gasteiger partial charge on any atom is -0.379 e. The molecule has 186 valence electrons. The number of aliphatic hydroxyl groups is 1. The van der Waals surface area contributed by atoms with Gasteiger partial charge in [0.15, 0.2) is 5.82 Å². The average molecular weight is 483 g/mol. The molecule has 0 radical (unpaired) electrons. The second kappa shape index (κ2) is 11.0. The van der Waals surface area contributed by atoms with Crippen LogP contribution in [0.25, 0.3) is 0 Å². The highest BCUT2D eigenvalue weighted by Gasteiger charge is 2.58. The Morgan fingerprint density at radius 2 is 1.94 bits per heavy atom. The number of carbonyl (C=O) groups is 2. The van der Waals surface area contributed by atoms with E-state index in [4.69, 9.17) is 4.74 Å². The summed E-state index contributed by atoms with van der Waals surface area (Å²) < 4.78 is 47.1. The van der Waals surface area contributed by atoms with Crippen LogP contribution in [-0.4, -0.2) is 70.4 Å². The number of nitrogens with zero attached hydrogens (tertiary/aromatic N) is 3. The van der Waals surface area contributed by atoms with Crippen molar-refractivity contribution in [2.45, 2.75) is 31.2 Å². The number of benzene rings is 1. The normalized spacial score (nSPS) is 16.6. The molecular formula is C22H28F3N5O4. The van der Waals surface area contributed by atoms with Crippen LogP contribution in [-0.2, 0) is 33.5 Å². The number of morpholine rings is 1. The molecule has 1 saturated heterocycles. The summed E-state index contributed by atoms with van der Waals surface area (Å²) in [6.07, 6.45) is -3.66. The first-order valence-corrected chi connectivity index (χ1v) is 10.8. The highest BCUT2D eigenvalue weighted by molar-refractivity contribution is 5.90. The summed E-state index contributed by atoms with van der Waals surface area (Å²) in [4.78, 5) is 30.2. The molecule has 2 aromatic rings. The van der Waals surface area contributed by atoms with E-state index in [-0.39, 0.29) is 12.5 Å². The number of ether oxygens (including phenoxy) is 1. The summed E-state index contributed by atoms with van der Waals surface area (Å²) in [5.41, 5.74) is -2.34. The molecule has 0 bridgehead atoms. The van der Waals surface area contributed by atoms with Gasteiger partial charge in [0.1, 0.15) is 0 Å². The van der Waals surface area contributed by atoms with Crippen molar-refractivity contribution in [1.82, 2.24) is 19.8 Å². The fraction of sp³-hybridized carbons (Fsp3) is 0.500. The van der Waals surface area contributed by atoms with Crippen LogP contribution in [0.3, 0.4) is 0 Å². The highest BCUT2D eigenvalue weighted by Crippen LogP contribution is 2.40. The molecular weight excluding hydrogens is 455 g/mol. The minimum atomic E-state index is -5.10. The number of aromatic nitrogens is 2. The molecule has 1 aromatic heterocycles. The number of hydrogen-bond donors (Lipinski definition) is 3. The van der Waals surface area contributed by atoms with Crippen LogP contribution in [0.5, 0.6) is 0 Å². The molecule has 12 heteroatoms. The zero-order valence-corrected chi connectivity index (χ0v) is 18.8. The molecule has 1 fully saturated rings. The zero-order chi connectivity index (χ0) is 24.8. The average Bonchev–Trinajstić information content (AvgIpc) is 3.23. The molecule has 2 amide bonds. The van der Waals surface area contributed by atoms with Gasteiger partial charge in [0.2, 0.25) is 17.4 Å². The molecule has 3 rings (SSSR count). The van der Waals surface area contributed by atoms with Crippen molar-refractivity contribution in [1.29, 1.82) is 0 Å². The molecule has 1 aliphatic heterocycles. The number of aryl methyl sites for hydroxylation is 1. The lowest BCUT2D eigenvalue weighted by Gasteiger charge is -2.29. The van der Waals surface area contributed by atoms with Gasteiger partial charge in [-0.1, -0.05) is 12.1 Å². The third kappa shape index (κ3) is 6.55. The van der Waals surface area contributed by atoms with E-state index in [2.05, 4.69) is 20.5 Å². The lowest BCUT2D eigenvalue weighted by molar-refractivity contribution is -0.271. The van der Waals surface area contributed by atoms with E-state index in [1.165, 1.54) is 13.2 Å². The van der Waals surface area contributed by atoms with Gasteiger partial charge in [0.05, 0.1) is 19.6 Å². The zero-order valence-electron chi connectivity index (χ0n) is 18.8. The van der Waals surface area contributed by atoms with Gasteiger partial charge in [-0.3, -0.25) is 14.5 Å². The number of carbonyl (C=O) groups excluding carboxylic acids is 2. The Kier molecular flexibility index (Phi) is 8.28. The molecule has 1 aliphatic rings. The van der Waals surface area contributed by atoms with Crippen molar-refractivity contribution in [2.75, 3.05) is 38.2 Å². The maximum Gasteiger partial charge on any atom is 0.425 e. The summed E-state index contributed by atoms with van der Waals surface area (Å²) in [6, 6.07) is 6.64. The number of alkyl halides is 3. The van der Waals surface area contributed by atoms with E-state index < -0.39 is 29.9 Å². The maximum atomic E-state index is 13.6. The molecule has 3 N–H and O–H groups in total. The second-order valence-electron chi connectivity index (χ2n) is 8.13. The predicted octanol–water partition coefficient (Wildman–Crippen LogP) is 1.54. The van der Waals surface area contributed by atoms with Gasteiger partial charge >= 0.3 is 6.18 Å². The Morgan fingerprint density at radius 1 is 1.21 bits per heavy atom. The van der Waals surface area contributed by atoms with Gasteiger partial charge < -0.3 is 25.0 Å². The fourth-order valence-corrected chi connectivity index (χ4v) is 3.63. The first-order valence-electron chi connectivity index (χ1n) is 10.8. The quantitative estimate of drug-likeness (QED) is 0.499. The van der Waals surface area contributed by atoms with E-state index in [0.717, 1.165) is 23.9 Å². The van der Waals surface area contributed by atoms with Crippen LogP contribution in [0.2, 0.25) is 0 Å². The third-order valence-electron chi connectivity index (χ3n) is 5.54. The standard InChI is InChI=1S/C22H28F3N5O4/c1-29-8-6-26-20(29)21(33,22(23,24)25)14-19(32)27-15-16-3-2-4-17(13-16)28-18(31)5-7-30-9-11-34-12-10-30/h2-4,6,8,13,33H,5,7,9-12,14-15H2,1H3,(H,27,32)(H,28,31). The van der Waals surface area contributed by atoms with Gasteiger partial charge in [-0.15, -0.1) is 0 Å². The molecule has 34 heavy (non-hydrogen) atoms. The lowest BCUT2D eigenvalue weighted by Crippen LogP contribution is -2.47. The Bertz CT molecular complexity index is 991. The smallest absolute Gasteiger partial charge is 0.379 e. The van der Waals surface area contributed by atoms with Crippen molar-refractivity contribution in [3.8, 4) is 0 Å². The Labute approximate surface area is 194 Å². The minimum absolute atomic E-state index is 0.0785. The van der Waals surface area contributed by atoms with Gasteiger partial charge in [0.25, 0.3) is 0 Å². The van der Waals surface area contributed by atoms with Crippen molar-refractivity contribution in [3.63, 3.8) is 0 Å². The number of hydrogen-bond acceptors (Lipinski definition) is 6. The fourth-order valence-electron chi connectivity index (χ4n) is 3.63. The first-order chi connectivity index (χ1) is 16.1. The largest absolute Gasteiger partial charge is 0.425 e. The summed E-state index contributed by atoms with van der Waals surface area (Å²) >= 11 is 0. The molecule has 1 aromatic carbocycles. The van der Waals surface area contributed by atoms with Crippen LogP contribution in [0.15, 0.2) is 36.7 Å². The molecule has 2 heterocycles. The van der Waals surface area contributed by atoms with E-state index in [1.54, 1.807) is 24.3 Å². The van der Waals surface area contributed by atoms with Crippen molar-refractivity contribution in [3.05, 3.63) is 48.0 Å². The Hall–Kier alpha value is -2.96. The predicted molar refractivity (Wildman–Crippen MR) is 117 cm³/mol. The Morgan fingerprint density at radius 3 is 2.59 bits per heavy atom. The van der Waals surface area contributed by atoms with Gasteiger partial charge in [0, 0.05) is 57.7 Å². The van der Waals surface area contributed by atoms with Gasteiger partial charge in [-0.2, -0.15) is 13.2 Å². The van der Waals surface area contributed by atoms with Crippen molar-refractivity contribution < 1.29 is 32.6 Å². The summed E-state index contributed by atoms with van der Waals surface area (Å²) in [5.74, 6) is -1.84. The molecule has 9 nitrogen and oxygen atoms in total. The number of anilines is 1. The number of imidazole rings is 1. The number of rotatable bonds is 9. The van der Waals surface area contributed by atoms with Crippen LogP contribution in [0, 0.1) is 0 Å². The van der Waals surface area contributed by atoms with E-state index in [0.29, 0.717) is 37.4 Å². The Balaban J connectivity index is 1.54. The SMILES string of the molecule is Cn1ccnc1C(O)(CC(=O)NCc1cccc(NC(=O)CCN2CCOCC2)c1)C(F)(F)F. The summed E-state index contributed by atoms with van der Waals surface area (Å²) in [6.45, 7) is 3.40. The first kappa shape index (κ1) is 25.7. The highest BCUT2D eigenvalue weighted by atomic mass is 19.4. The summed E-state index contributed by atoms with van der Waals surface area (Å²) in [7, 11) is 1.30. The van der Waals surface area contributed by atoms with Gasteiger partial charge in [-0.25, -0.2) is 4.98 Å². The topological polar surface area (TPSA) is 109 Å². The number of halogens is 3. The van der Waals surface area contributed by atoms with Crippen LogP contribution in [0.4, 0.5) is 18.9 Å².